The molecular weight excluding hydrogens is 298 g/mol. The Morgan fingerprint density at radius 1 is 1.27 bits per heavy atom. The summed E-state index contributed by atoms with van der Waals surface area (Å²) in [7, 11) is 2.01. The molecule has 1 heterocycles. The van der Waals surface area contributed by atoms with Gasteiger partial charge in [-0.05, 0) is 70.9 Å². The minimum absolute atomic E-state index is 0. The highest BCUT2D eigenvalue weighted by Crippen LogP contribution is 2.22. The number of nitrogens with zero attached hydrogens (tertiary/aromatic N) is 1. The number of rotatable bonds is 6. The number of nitrogens with one attached hydrogen (secondary N) is 2. The maximum atomic E-state index is 12.3. The van der Waals surface area contributed by atoms with Gasteiger partial charge in [0.15, 0.2) is 0 Å². The van der Waals surface area contributed by atoms with E-state index in [9.17, 15) is 4.79 Å². The average Bonchev–Trinajstić information content (AvgIpc) is 2.53. The Hall–Kier alpha value is -1.10. The highest BCUT2D eigenvalue weighted by Gasteiger charge is 2.26. The van der Waals surface area contributed by atoms with E-state index in [2.05, 4.69) is 15.5 Å². The molecule has 0 aliphatic carbocycles. The minimum Gasteiger partial charge on any atom is -0.325 e. The quantitative estimate of drug-likeness (QED) is 0.845. The van der Waals surface area contributed by atoms with Crippen LogP contribution in [0.3, 0.4) is 0 Å². The van der Waals surface area contributed by atoms with Crippen molar-refractivity contribution in [3.63, 3.8) is 0 Å². The van der Waals surface area contributed by atoms with E-state index in [-0.39, 0.29) is 24.4 Å². The molecule has 0 aromatic heterocycles. The van der Waals surface area contributed by atoms with Crippen LogP contribution in [-0.2, 0) is 4.79 Å². The lowest BCUT2D eigenvalue weighted by Gasteiger charge is -2.35. The fourth-order valence-electron chi connectivity index (χ4n) is 2.91. The molecule has 1 aromatic rings. The van der Waals surface area contributed by atoms with Crippen molar-refractivity contribution in [1.29, 1.82) is 0 Å². The number of hydrogen-bond donors (Lipinski definition) is 2. The zero-order chi connectivity index (χ0) is 15.1. The van der Waals surface area contributed by atoms with Crippen molar-refractivity contribution in [2.75, 3.05) is 32.0 Å². The van der Waals surface area contributed by atoms with E-state index in [0.29, 0.717) is 0 Å². The van der Waals surface area contributed by atoms with Gasteiger partial charge in [-0.25, -0.2) is 0 Å². The maximum Gasteiger partial charge on any atom is 0.241 e. The molecule has 0 spiro atoms. The first-order valence-electron chi connectivity index (χ1n) is 7.95. The van der Waals surface area contributed by atoms with Crippen molar-refractivity contribution in [1.82, 2.24) is 10.2 Å². The molecule has 4 nitrogen and oxygen atoms in total. The molecule has 2 N–H and O–H groups in total. The lowest BCUT2D eigenvalue weighted by molar-refractivity contribution is -0.121. The Bertz CT molecular complexity index is 433. The molecule has 1 saturated heterocycles. The third-order valence-electron chi connectivity index (χ3n) is 4.42. The Balaban J connectivity index is 0.00000242. The number of anilines is 1. The summed E-state index contributed by atoms with van der Waals surface area (Å²) in [4.78, 5) is 14.6. The summed E-state index contributed by atoms with van der Waals surface area (Å²) in [5, 5.41) is 6.21. The number of hydrogen-bond acceptors (Lipinski definition) is 3. The second kappa shape index (κ2) is 9.82. The van der Waals surface area contributed by atoms with Gasteiger partial charge in [-0.1, -0.05) is 18.2 Å². The highest BCUT2D eigenvalue weighted by atomic mass is 35.5. The van der Waals surface area contributed by atoms with Crippen molar-refractivity contribution < 1.29 is 4.79 Å². The van der Waals surface area contributed by atoms with Crippen molar-refractivity contribution in [3.05, 3.63) is 30.3 Å². The molecule has 124 valence electrons. The van der Waals surface area contributed by atoms with Crippen LogP contribution in [0.25, 0.3) is 0 Å². The molecular formula is C17H28ClN3O. The fourth-order valence-corrected chi connectivity index (χ4v) is 2.91. The van der Waals surface area contributed by atoms with Gasteiger partial charge in [0.25, 0.3) is 0 Å². The lowest BCUT2D eigenvalue weighted by atomic mass is 9.93. The predicted octanol–water partition coefficient (Wildman–Crippen LogP) is 2.76. The van der Waals surface area contributed by atoms with Gasteiger partial charge in [0.1, 0.15) is 0 Å². The first kappa shape index (κ1) is 18.9. The number of likely N-dealkylation sites (tertiary alicyclic amines) is 1. The van der Waals surface area contributed by atoms with Crippen LogP contribution >= 0.6 is 12.4 Å². The molecule has 1 aromatic carbocycles. The second-order valence-electron chi connectivity index (χ2n) is 5.90. The number of amides is 1. The summed E-state index contributed by atoms with van der Waals surface area (Å²) in [6.07, 6.45) is 3.64. The van der Waals surface area contributed by atoms with Crippen LogP contribution in [0, 0.1) is 5.92 Å². The molecule has 0 bridgehead atoms. The molecule has 0 radical (unpaired) electrons. The first-order valence-corrected chi connectivity index (χ1v) is 7.95. The minimum atomic E-state index is -0.0598. The number of piperidine rings is 1. The van der Waals surface area contributed by atoms with E-state index < -0.39 is 0 Å². The van der Waals surface area contributed by atoms with Crippen LogP contribution < -0.4 is 10.6 Å². The van der Waals surface area contributed by atoms with Gasteiger partial charge in [0.05, 0.1) is 6.04 Å². The van der Waals surface area contributed by atoms with Crippen molar-refractivity contribution >= 4 is 24.0 Å². The van der Waals surface area contributed by atoms with E-state index in [4.69, 9.17) is 0 Å². The third-order valence-corrected chi connectivity index (χ3v) is 4.42. The molecule has 5 heteroatoms. The van der Waals surface area contributed by atoms with Gasteiger partial charge in [0, 0.05) is 5.69 Å². The van der Waals surface area contributed by atoms with Crippen LogP contribution in [0.1, 0.15) is 26.2 Å². The van der Waals surface area contributed by atoms with Crippen LogP contribution in [0.15, 0.2) is 30.3 Å². The molecule has 22 heavy (non-hydrogen) atoms. The Kier molecular flexibility index (Phi) is 8.46. The van der Waals surface area contributed by atoms with Gasteiger partial charge < -0.3 is 10.6 Å². The Labute approximate surface area is 140 Å². The second-order valence-corrected chi connectivity index (χ2v) is 5.90. The lowest BCUT2D eigenvalue weighted by Crippen LogP contribution is -2.46. The smallest absolute Gasteiger partial charge is 0.241 e. The van der Waals surface area contributed by atoms with Crippen LogP contribution in [0.5, 0.6) is 0 Å². The molecule has 0 saturated carbocycles. The largest absolute Gasteiger partial charge is 0.325 e. The molecule has 1 atom stereocenters. The van der Waals surface area contributed by atoms with E-state index in [0.717, 1.165) is 31.2 Å². The predicted molar refractivity (Wildman–Crippen MR) is 94.6 cm³/mol. The third kappa shape index (κ3) is 5.59. The number of benzene rings is 1. The zero-order valence-electron chi connectivity index (χ0n) is 13.5. The number of halogens is 1. The fraction of sp³-hybridized carbons (Fsp3) is 0.588. The summed E-state index contributed by atoms with van der Waals surface area (Å²) < 4.78 is 0. The number of para-hydroxylation sites is 1. The van der Waals surface area contributed by atoms with Gasteiger partial charge in [-0.2, -0.15) is 0 Å². The van der Waals surface area contributed by atoms with E-state index in [1.54, 1.807) is 0 Å². The summed E-state index contributed by atoms with van der Waals surface area (Å²) in [6.45, 7) is 5.15. The SMILES string of the molecule is CNCCC1CCN(C(C)C(=O)Nc2ccccc2)CC1.Cl. The molecule has 1 aliphatic heterocycles. The standard InChI is InChI=1S/C17H27N3O.ClH/c1-14(17(21)19-16-6-4-3-5-7-16)20-12-9-15(10-13-20)8-11-18-2;/h3-7,14-15,18H,8-13H2,1-2H3,(H,19,21);1H. The van der Waals surface area contributed by atoms with Crippen LogP contribution in [0.4, 0.5) is 5.69 Å². The summed E-state index contributed by atoms with van der Waals surface area (Å²) in [6, 6.07) is 9.62. The normalized spacial score (nSPS) is 17.5. The molecule has 1 aliphatic rings. The van der Waals surface area contributed by atoms with E-state index in [1.807, 2.05) is 44.3 Å². The molecule has 1 unspecified atom stereocenters. The summed E-state index contributed by atoms with van der Waals surface area (Å²) in [5.41, 5.74) is 0.873. The number of carbonyl (C=O) groups is 1. The van der Waals surface area contributed by atoms with Gasteiger partial charge in [-0.3, -0.25) is 9.69 Å². The Morgan fingerprint density at radius 2 is 1.91 bits per heavy atom. The van der Waals surface area contributed by atoms with Crippen molar-refractivity contribution in [2.24, 2.45) is 5.92 Å². The van der Waals surface area contributed by atoms with Crippen molar-refractivity contribution in [2.45, 2.75) is 32.2 Å². The average molecular weight is 326 g/mol. The van der Waals surface area contributed by atoms with E-state index in [1.165, 1.54) is 19.3 Å². The number of carbonyl (C=O) groups excluding carboxylic acids is 1. The molecule has 2 rings (SSSR count). The summed E-state index contributed by atoms with van der Waals surface area (Å²) >= 11 is 0. The molecule has 1 fully saturated rings. The maximum absolute atomic E-state index is 12.3. The van der Waals surface area contributed by atoms with Crippen LogP contribution in [-0.4, -0.2) is 43.5 Å². The Morgan fingerprint density at radius 3 is 2.50 bits per heavy atom. The highest BCUT2D eigenvalue weighted by molar-refractivity contribution is 5.94. The van der Waals surface area contributed by atoms with Gasteiger partial charge in [-0.15, -0.1) is 12.4 Å². The first-order chi connectivity index (χ1) is 10.2. The molecule has 1 amide bonds. The van der Waals surface area contributed by atoms with Gasteiger partial charge in [0.2, 0.25) is 5.91 Å². The van der Waals surface area contributed by atoms with Gasteiger partial charge >= 0.3 is 0 Å². The van der Waals surface area contributed by atoms with Crippen molar-refractivity contribution in [3.8, 4) is 0 Å². The van der Waals surface area contributed by atoms with Crippen LogP contribution in [0.2, 0.25) is 0 Å². The summed E-state index contributed by atoms with van der Waals surface area (Å²) in [5.74, 6) is 0.896. The topological polar surface area (TPSA) is 44.4 Å². The monoisotopic (exact) mass is 325 g/mol. The van der Waals surface area contributed by atoms with E-state index >= 15 is 0 Å². The zero-order valence-corrected chi connectivity index (χ0v) is 14.4.